The number of sulfonamides is 1. The molecule has 0 saturated heterocycles. The maximum Gasteiger partial charge on any atom is 0.244 e. The predicted molar refractivity (Wildman–Crippen MR) is 157 cm³/mol. The van der Waals surface area contributed by atoms with Crippen molar-refractivity contribution in [2.24, 2.45) is 5.92 Å². The molecule has 0 radical (unpaired) electrons. The molecule has 0 aromatic heterocycles. The minimum Gasteiger partial charge on any atom is -0.354 e. The molecule has 3 aromatic rings. The molecule has 0 aliphatic heterocycles. The van der Waals surface area contributed by atoms with E-state index in [1.165, 1.54) is 11.0 Å². The number of nitrogens with zero attached hydrogens (tertiary/aromatic N) is 2. The Bertz CT molecular complexity index is 1490. The van der Waals surface area contributed by atoms with Gasteiger partial charge in [0.1, 0.15) is 12.6 Å². The average Bonchev–Trinajstić information content (AvgIpc) is 2.90. The highest BCUT2D eigenvalue weighted by atomic mass is 35.5. The van der Waals surface area contributed by atoms with Gasteiger partial charge in [0.2, 0.25) is 21.8 Å². The van der Waals surface area contributed by atoms with Crippen molar-refractivity contribution in [3.8, 4) is 0 Å². The minimum absolute atomic E-state index is 0.117. The molecule has 0 spiro atoms. The van der Waals surface area contributed by atoms with E-state index in [-0.39, 0.29) is 29.6 Å². The van der Waals surface area contributed by atoms with Crippen LogP contribution in [0.5, 0.6) is 0 Å². The molecule has 12 heteroatoms. The second-order valence-electron chi connectivity index (χ2n) is 9.97. The molecule has 1 N–H and O–H groups in total. The van der Waals surface area contributed by atoms with Gasteiger partial charge in [0.15, 0.2) is 11.6 Å². The van der Waals surface area contributed by atoms with Crippen molar-refractivity contribution in [2.75, 3.05) is 23.7 Å². The molecule has 2 amide bonds. The van der Waals surface area contributed by atoms with Crippen molar-refractivity contribution < 1.29 is 26.8 Å². The molecule has 0 saturated carbocycles. The van der Waals surface area contributed by atoms with Gasteiger partial charge in [-0.15, -0.1) is 0 Å². The Morgan fingerprint density at radius 2 is 1.63 bits per heavy atom. The molecule has 1 atom stereocenters. The third kappa shape index (κ3) is 9.14. The van der Waals surface area contributed by atoms with Gasteiger partial charge in [0, 0.05) is 35.6 Å². The standard InChI is InChI=1S/C29H31Cl2F2N3O4S/c1-19(2)16-34-29(38)27(13-20-7-5-4-6-8-20)35(17-21-9-10-22(30)14-24(21)31)28(37)18-36(41(3,39)40)23-11-12-25(32)26(33)15-23/h4-12,14-15,19,27H,13,16-18H2,1-3H3,(H,34,38)/t27-/m1/s1. The Hall–Kier alpha value is -3.21. The first-order chi connectivity index (χ1) is 19.3. The topological polar surface area (TPSA) is 86.8 Å². The second kappa shape index (κ2) is 14.1. The van der Waals surface area contributed by atoms with E-state index in [1.54, 1.807) is 24.3 Å². The molecule has 3 aromatic carbocycles. The molecule has 3 rings (SSSR count). The summed E-state index contributed by atoms with van der Waals surface area (Å²) in [5, 5.41) is 3.48. The predicted octanol–water partition coefficient (Wildman–Crippen LogP) is 5.45. The maximum atomic E-state index is 14.0. The van der Waals surface area contributed by atoms with Gasteiger partial charge < -0.3 is 10.2 Å². The molecule has 0 heterocycles. The number of hydrogen-bond acceptors (Lipinski definition) is 4. The number of carbonyl (C=O) groups excluding carboxylic acids is 2. The van der Waals surface area contributed by atoms with Crippen LogP contribution in [0.15, 0.2) is 66.7 Å². The monoisotopic (exact) mass is 625 g/mol. The van der Waals surface area contributed by atoms with Crippen molar-refractivity contribution in [1.82, 2.24) is 10.2 Å². The van der Waals surface area contributed by atoms with Crippen LogP contribution in [0, 0.1) is 17.6 Å². The van der Waals surface area contributed by atoms with Crippen LogP contribution in [0.25, 0.3) is 0 Å². The normalized spacial score (nSPS) is 12.2. The Kier molecular flexibility index (Phi) is 11.1. The van der Waals surface area contributed by atoms with Gasteiger partial charge in [0.25, 0.3) is 0 Å². The van der Waals surface area contributed by atoms with Crippen LogP contribution in [-0.4, -0.2) is 50.5 Å². The van der Waals surface area contributed by atoms with E-state index >= 15 is 0 Å². The quantitative estimate of drug-likeness (QED) is 0.290. The maximum absolute atomic E-state index is 14.0. The molecular formula is C29H31Cl2F2N3O4S. The number of halogens is 4. The van der Waals surface area contributed by atoms with Gasteiger partial charge in [-0.25, -0.2) is 17.2 Å². The van der Waals surface area contributed by atoms with Crippen LogP contribution in [-0.2, 0) is 32.6 Å². The Labute approximate surface area is 249 Å². The minimum atomic E-state index is -4.14. The number of amides is 2. The van der Waals surface area contributed by atoms with Crippen LogP contribution in [0.3, 0.4) is 0 Å². The van der Waals surface area contributed by atoms with Crippen LogP contribution >= 0.6 is 23.2 Å². The van der Waals surface area contributed by atoms with Crippen molar-refractivity contribution in [2.45, 2.75) is 32.9 Å². The highest BCUT2D eigenvalue weighted by Gasteiger charge is 2.33. The lowest BCUT2D eigenvalue weighted by Crippen LogP contribution is -2.53. The number of nitrogens with one attached hydrogen (secondary N) is 1. The Balaban J connectivity index is 2.08. The van der Waals surface area contributed by atoms with Gasteiger partial charge in [0.05, 0.1) is 11.9 Å². The van der Waals surface area contributed by atoms with Gasteiger partial charge in [-0.2, -0.15) is 0 Å². The Morgan fingerprint density at radius 3 is 2.22 bits per heavy atom. The zero-order valence-electron chi connectivity index (χ0n) is 22.8. The molecule has 0 bridgehead atoms. The summed E-state index contributed by atoms with van der Waals surface area (Å²) >= 11 is 12.5. The molecule has 7 nitrogen and oxygen atoms in total. The zero-order valence-corrected chi connectivity index (χ0v) is 25.1. The second-order valence-corrected chi connectivity index (χ2v) is 12.7. The Morgan fingerprint density at radius 1 is 0.951 bits per heavy atom. The fourth-order valence-electron chi connectivity index (χ4n) is 4.06. The highest BCUT2D eigenvalue weighted by molar-refractivity contribution is 7.92. The van der Waals surface area contributed by atoms with Crippen LogP contribution < -0.4 is 9.62 Å². The van der Waals surface area contributed by atoms with Crippen LogP contribution in [0.4, 0.5) is 14.5 Å². The average molecular weight is 627 g/mol. The van der Waals surface area contributed by atoms with Gasteiger partial charge in [-0.3, -0.25) is 13.9 Å². The molecule has 0 aliphatic rings. The van der Waals surface area contributed by atoms with E-state index < -0.39 is 46.1 Å². The van der Waals surface area contributed by atoms with E-state index in [9.17, 15) is 26.8 Å². The first-order valence-corrected chi connectivity index (χ1v) is 15.3. The first-order valence-electron chi connectivity index (χ1n) is 12.7. The van der Waals surface area contributed by atoms with Crippen molar-refractivity contribution >= 4 is 50.7 Å². The van der Waals surface area contributed by atoms with Crippen LogP contribution in [0.2, 0.25) is 10.0 Å². The molecule has 0 unspecified atom stereocenters. The van der Waals surface area contributed by atoms with E-state index in [0.717, 1.165) is 24.0 Å². The molecule has 41 heavy (non-hydrogen) atoms. The van der Waals surface area contributed by atoms with E-state index in [2.05, 4.69) is 5.32 Å². The third-order valence-electron chi connectivity index (χ3n) is 6.18. The summed E-state index contributed by atoms with van der Waals surface area (Å²) in [6.07, 6.45) is 0.963. The summed E-state index contributed by atoms with van der Waals surface area (Å²) in [7, 11) is -4.14. The number of hydrogen-bond donors (Lipinski definition) is 1. The smallest absolute Gasteiger partial charge is 0.244 e. The van der Waals surface area contributed by atoms with E-state index in [0.29, 0.717) is 27.5 Å². The van der Waals surface area contributed by atoms with E-state index in [1.807, 2.05) is 32.0 Å². The number of benzene rings is 3. The van der Waals surface area contributed by atoms with Crippen molar-refractivity contribution in [1.29, 1.82) is 0 Å². The number of carbonyl (C=O) groups is 2. The summed E-state index contributed by atoms with van der Waals surface area (Å²) < 4.78 is 53.8. The molecular weight excluding hydrogens is 595 g/mol. The lowest BCUT2D eigenvalue weighted by molar-refractivity contribution is -0.140. The number of anilines is 1. The van der Waals surface area contributed by atoms with Crippen molar-refractivity contribution in [3.05, 3.63) is 99.5 Å². The van der Waals surface area contributed by atoms with Gasteiger partial charge in [-0.05, 0) is 41.3 Å². The molecule has 0 aliphatic carbocycles. The fraction of sp³-hybridized carbons (Fsp3) is 0.310. The first kappa shape index (κ1) is 32.3. The zero-order chi connectivity index (χ0) is 30.3. The summed E-state index contributed by atoms with van der Waals surface area (Å²) in [6.45, 7) is 3.26. The summed E-state index contributed by atoms with van der Waals surface area (Å²) in [4.78, 5) is 28.8. The highest BCUT2D eigenvalue weighted by Crippen LogP contribution is 2.26. The lowest BCUT2D eigenvalue weighted by atomic mass is 10.0. The largest absolute Gasteiger partial charge is 0.354 e. The van der Waals surface area contributed by atoms with Crippen LogP contribution in [0.1, 0.15) is 25.0 Å². The summed E-state index contributed by atoms with van der Waals surface area (Å²) in [5.41, 5.74) is 0.990. The number of rotatable bonds is 12. The fourth-order valence-corrected chi connectivity index (χ4v) is 5.37. The SMILES string of the molecule is CC(C)CNC(=O)[C@@H](Cc1ccccc1)N(Cc1ccc(Cl)cc1Cl)C(=O)CN(c1ccc(F)c(F)c1)S(C)(=O)=O. The lowest BCUT2D eigenvalue weighted by Gasteiger charge is -2.34. The summed E-state index contributed by atoms with van der Waals surface area (Å²) in [5.74, 6) is -3.52. The molecule has 220 valence electrons. The summed E-state index contributed by atoms with van der Waals surface area (Å²) in [6, 6.07) is 15.2. The van der Waals surface area contributed by atoms with Crippen molar-refractivity contribution in [3.63, 3.8) is 0 Å². The van der Waals surface area contributed by atoms with Gasteiger partial charge in [-0.1, -0.05) is 73.4 Å². The molecule has 0 fully saturated rings. The third-order valence-corrected chi connectivity index (χ3v) is 7.91. The van der Waals surface area contributed by atoms with E-state index in [4.69, 9.17) is 23.2 Å². The van der Waals surface area contributed by atoms with Gasteiger partial charge >= 0.3 is 0 Å².